The number of unbranched alkanes of at least 4 members (excludes halogenated alkanes) is 1. The summed E-state index contributed by atoms with van der Waals surface area (Å²) >= 11 is 4.88. The van der Waals surface area contributed by atoms with Gasteiger partial charge in [-0.15, -0.1) is 6.67 Å². The molecule has 0 saturated carbocycles. The number of benzene rings is 2. The second-order valence-corrected chi connectivity index (χ2v) is 6.63. The molecule has 0 N–H and O–H groups in total. The molecule has 1 aliphatic heterocycles. The Bertz CT molecular complexity index is 1100. The van der Waals surface area contributed by atoms with Crippen LogP contribution in [-0.2, 0) is 17.3 Å². The average Bonchev–Trinajstić information content (AvgIpc) is 3.32. The van der Waals surface area contributed by atoms with E-state index in [-0.39, 0.29) is 0 Å². The molecule has 5 rings (SSSR count). The molecule has 3 heterocycles. The van der Waals surface area contributed by atoms with Gasteiger partial charge in [-0.1, -0.05) is 37.6 Å². The van der Waals surface area contributed by atoms with Crippen molar-refractivity contribution >= 4 is 58.2 Å². The number of nitrogens with zero attached hydrogens (tertiary/aromatic N) is 3. The fourth-order valence-corrected chi connectivity index (χ4v) is 3.68. The molecule has 2 aromatic carbocycles. The molecule has 148 valence electrons. The molecule has 0 aliphatic carbocycles. The summed E-state index contributed by atoms with van der Waals surface area (Å²) in [6.07, 6.45) is 4.11. The van der Waals surface area contributed by atoms with Crippen molar-refractivity contribution in [3.05, 3.63) is 67.5 Å². The van der Waals surface area contributed by atoms with Gasteiger partial charge in [0.15, 0.2) is 5.58 Å². The Morgan fingerprint density at radius 2 is 1.71 bits per heavy atom. The molecule has 2 aromatic heterocycles. The van der Waals surface area contributed by atoms with Crippen LogP contribution in [-0.4, -0.2) is 11.5 Å². The van der Waals surface area contributed by atoms with Crippen LogP contribution in [0.5, 0.6) is 0 Å². The molecule has 4 nitrogen and oxygen atoms in total. The number of anilines is 3. The SMILES string of the molecule is CCCCN1[CH-]N(c2cccc3c2oc2ncccc23)c2ccccc21.[Ag][I]. The predicted molar refractivity (Wildman–Crippen MR) is 121 cm³/mol. The Labute approximate surface area is 187 Å². The average molecular weight is 577 g/mol. The van der Waals surface area contributed by atoms with Crippen molar-refractivity contribution in [2.45, 2.75) is 19.8 Å². The van der Waals surface area contributed by atoms with Crippen molar-refractivity contribution in [1.82, 2.24) is 4.98 Å². The van der Waals surface area contributed by atoms with Crippen LogP contribution in [0, 0.1) is 6.67 Å². The summed E-state index contributed by atoms with van der Waals surface area (Å²) in [6, 6.07) is 18.8. The van der Waals surface area contributed by atoms with Crippen molar-refractivity contribution < 1.29 is 21.7 Å². The third kappa shape index (κ3) is 3.45. The summed E-state index contributed by atoms with van der Waals surface area (Å²) in [5.74, 6) is 0. The molecule has 0 saturated heterocycles. The third-order valence-corrected chi connectivity index (χ3v) is 4.97. The Kier molecular flexibility index (Phi) is 6.25. The van der Waals surface area contributed by atoms with E-state index in [0.717, 1.165) is 35.0 Å². The van der Waals surface area contributed by atoms with E-state index in [1.54, 1.807) is 6.20 Å². The molecule has 0 atom stereocenters. The van der Waals surface area contributed by atoms with Crippen LogP contribution < -0.4 is 9.80 Å². The number of hydrogen-bond donors (Lipinski definition) is 0. The zero-order chi connectivity index (χ0) is 19.5. The minimum absolute atomic E-state index is 0.685. The standard InChI is InChI=1S/C22H20N3O.Ag.HI/c1-2-3-14-24-15-25(19-11-5-4-10-18(19)24)20-12-6-8-16-17-9-7-13-23-22(17)26-21(16)20;;/h4-13,15H,2-3,14H2,1H3;;1H/q-1;+1;/p-1. The van der Waals surface area contributed by atoms with Gasteiger partial charge in [0, 0.05) is 28.3 Å². The van der Waals surface area contributed by atoms with Gasteiger partial charge >= 0.3 is 36.3 Å². The van der Waals surface area contributed by atoms with Crippen LogP contribution in [0.4, 0.5) is 17.1 Å². The van der Waals surface area contributed by atoms with E-state index in [0.29, 0.717) is 5.71 Å². The fraction of sp³-hybridized carbons (Fsp3) is 0.182. The Morgan fingerprint density at radius 1 is 0.964 bits per heavy atom. The van der Waals surface area contributed by atoms with Crippen molar-refractivity contribution in [2.75, 3.05) is 16.3 Å². The van der Waals surface area contributed by atoms with Crippen LogP contribution in [0.15, 0.2) is 65.2 Å². The number of aromatic nitrogens is 1. The number of fused-ring (bicyclic) bond motifs is 4. The number of rotatable bonds is 4. The molecule has 0 spiro atoms. The van der Waals surface area contributed by atoms with Gasteiger partial charge in [0.25, 0.3) is 0 Å². The number of furan rings is 1. The van der Waals surface area contributed by atoms with Gasteiger partial charge in [-0.25, -0.2) is 4.98 Å². The van der Waals surface area contributed by atoms with Gasteiger partial charge < -0.3 is 14.2 Å². The van der Waals surface area contributed by atoms with E-state index >= 15 is 0 Å². The number of hydrogen-bond acceptors (Lipinski definition) is 4. The summed E-state index contributed by atoms with van der Waals surface area (Å²) in [6.45, 7) is 5.43. The molecule has 28 heavy (non-hydrogen) atoms. The zero-order valence-corrected chi connectivity index (χ0v) is 19.0. The Balaban J connectivity index is 0.000000932. The normalized spacial score (nSPS) is 13.0. The van der Waals surface area contributed by atoms with Crippen molar-refractivity contribution in [3.63, 3.8) is 0 Å². The molecule has 0 unspecified atom stereocenters. The van der Waals surface area contributed by atoms with Gasteiger partial charge in [0.05, 0.1) is 5.69 Å². The Morgan fingerprint density at radius 3 is 2.54 bits per heavy atom. The molecular formula is C22H20AgIN3O-. The van der Waals surface area contributed by atoms with Gasteiger partial charge in [-0.3, -0.25) is 0 Å². The monoisotopic (exact) mass is 576 g/mol. The van der Waals surface area contributed by atoms with Crippen molar-refractivity contribution in [2.24, 2.45) is 0 Å². The molecule has 4 aromatic rings. The first-order chi connectivity index (χ1) is 13.9. The fourth-order valence-electron chi connectivity index (χ4n) is 3.68. The van der Waals surface area contributed by atoms with Crippen LogP contribution >= 0.6 is 19.0 Å². The Hall–Kier alpha value is -1.54. The van der Waals surface area contributed by atoms with Crippen LogP contribution in [0.1, 0.15) is 19.8 Å². The van der Waals surface area contributed by atoms with E-state index < -0.39 is 0 Å². The van der Waals surface area contributed by atoms with Gasteiger partial charge in [-0.05, 0) is 43.3 Å². The first kappa shape index (κ1) is 19.8. The van der Waals surface area contributed by atoms with Crippen LogP contribution in [0.3, 0.4) is 0 Å². The predicted octanol–water partition coefficient (Wildman–Crippen LogP) is 6.74. The number of pyridine rings is 1. The molecule has 0 fully saturated rings. The van der Waals surface area contributed by atoms with Gasteiger partial charge in [-0.2, -0.15) is 0 Å². The summed E-state index contributed by atoms with van der Waals surface area (Å²) in [5, 5.41) is 2.16. The van der Waals surface area contributed by atoms with Gasteiger partial charge in [0.1, 0.15) is 0 Å². The number of para-hydroxylation sites is 3. The topological polar surface area (TPSA) is 32.5 Å². The summed E-state index contributed by atoms with van der Waals surface area (Å²) in [7, 11) is 0. The zero-order valence-electron chi connectivity index (χ0n) is 15.4. The molecular weight excluding hydrogens is 557 g/mol. The molecule has 1 aliphatic rings. The summed E-state index contributed by atoms with van der Waals surface area (Å²) < 4.78 is 6.14. The first-order valence-corrected chi connectivity index (χ1v) is 13.6. The molecule has 0 radical (unpaired) electrons. The summed E-state index contributed by atoms with van der Waals surface area (Å²) in [5.41, 5.74) is 5.04. The van der Waals surface area contributed by atoms with Gasteiger partial charge in [0.2, 0.25) is 5.71 Å². The maximum atomic E-state index is 6.14. The van der Waals surface area contributed by atoms with E-state index in [4.69, 9.17) is 4.42 Å². The molecule has 0 bridgehead atoms. The maximum absolute atomic E-state index is 6.14. The van der Waals surface area contributed by atoms with Crippen LogP contribution in [0.2, 0.25) is 0 Å². The summed E-state index contributed by atoms with van der Waals surface area (Å²) in [4.78, 5) is 8.94. The van der Waals surface area contributed by atoms with E-state index in [1.807, 2.05) is 25.1 Å². The number of halogens is 1. The first-order valence-electron chi connectivity index (χ1n) is 9.24. The van der Waals surface area contributed by atoms with E-state index in [2.05, 4.69) is 94.2 Å². The van der Waals surface area contributed by atoms with E-state index in [1.165, 1.54) is 17.8 Å². The quantitative estimate of drug-likeness (QED) is 0.153. The second kappa shape index (κ2) is 8.86. The molecule has 0 amide bonds. The van der Waals surface area contributed by atoms with Crippen molar-refractivity contribution in [3.8, 4) is 0 Å². The third-order valence-electron chi connectivity index (χ3n) is 4.97. The molecule has 6 heteroatoms. The minimum atomic E-state index is 0.685. The second-order valence-electron chi connectivity index (χ2n) is 6.63. The van der Waals surface area contributed by atoms with E-state index in [9.17, 15) is 0 Å². The van der Waals surface area contributed by atoms with Crippen molar-refractivity contribution in [1.29, 1.82) is 0 Å². The van der Waals surface area contributed by atoms with Crippen LogP contribution in [0.25, 0.3) is 22.1 Å².